The van der Waals surface area contributed by atoms with Gasteiger partial charge in [0.2, 0.25) is 0 Å². The van der Waals surface area contributed by atoms with Gasteiger partial charge in [-0.15, -0.1) is 0 Å². The van der Waals surface area contributed by atoms with Crippen LogP contribution in [0.1, 0.15) is 110 Å². The van der Waals surface area contributed by atoms with Crippen LogP contribution in [-0.4, -0.2) is 43.4 Å². The Morgan fingerprint density at radius 1 is 0.818 bits per heavy atom. The van der Waals surface area contributed by atoms with E-state index in [1.54, 1.807) is 0 Å². The van der Waals surface area contributed by atoms with Crippen LogP contribution in [0.15, 0.2) is 12.7 Å². The van der Waals surface area contributed by atoms with Crippen molar-refractivity contribution in [2.24, 2.45) is 0 Å². The van der Waals surface area contributed by atoms with E-state index in [2.05, 4.69) is 18.2 Å². The number of unbranched alkanes of at least 4 members (excludes halogenated alkanes) is 14. The fourth-order valence-corrected chi connectivity index (χ4v) is 4.05. The number of ether oxygens (including phenoxy) is 2. The van der Waals surface area contributed by atoms with Crippen molar-refractivity contribution in [2.45, 2.75) is 115 Å². The standard InChI is InChI=1S/C24H44O7S.Na/c1-3-5-6-7-8-9-10-11-12-13-14-15-16-17-18-20-31-24(26)22(32(27,28)29)21-23(25)30-19-4-2;/h4,22H,2-3,5-21H2,1H3,(H,27,28,29);/q;+1/p-1. The van der Waals surface area contributed by atoms with Gasteiger partial charge in [0.25, 0.3) is 0 Å². The molecule has 0 N–H and O–H groups in total. The van der Waals surface area contributed by atoms with Crippen LogP contribution in [0.2, 0.25) is 0 Å². The summed E-state index contributed by atoms with van der Waals surface area (Å²) in [7, 11) is -5.01. The van der Waals surface area contributed by atoms with E-state index in [9.17, 15) is 22.6 Å². The summed E-state index contributed by atoms with van der Waals surface area (Å²) in [6.07, 6.45) is 18.5. The van der Waals surface area contributed by atoms with E-state index in [1.165, 1.54) is 76.7 Å². The molecule has 0 aromatic rings. The smallest absolute Gasteiger partial charge is 0.747 e. The second-order valence-electron chi connectivity index (χ2n) is 8.27. The van der Waals surface area contributed by atoms with Crippen molar-refractivity contribution in [3.63, 3.8) is 0 Å². The molecule has 0 heterocycles. The average molecular weight is 499 g/mol. The third kappa shape index (κ3) is 21.8. The Balaban J connectivity index is 0. The van der Waals surface area contributed by atoms with Crippen LogP contribution >= 0.6 is 0 Å². The minimum absolute atomic E-state index is 0. The molecule has 0 aliphatic heterocycles. The van der Waals surface area contributed by atoms with Crippen molar-refractivity contribution < 1.29 is 61.6 Å². The van der Waals surface area contributed by atoms with E-state index in [1.807, 2.05) is 0 Å². The van der Waals surface area contributed by atoms with Gasteiger partial charge in [-0.1, -0.05) is 109 Å². The molecule has 188 valence electrons. The van der Waals surface area contributed by atoms with Crippen molar-refractivity contribution >= 4 is 22.1 Å². The molecule has 7 nitrogen and oxygen atoms in total. The number of hydrogen-bond acceptors (Lipinski definition) is 7. The Labute approximate surface area is 223 Å². The van der Waals surface area contributed by atoms with Gasteiger partial charge in [-0.05, 0) is 6.42 Å². The molecule has 0 aliphatic carbocycles. The molecule has 0 aliphatic rings. The predicted octanol–water partition coefficient (Wildman–Crippen LogP) is 2.44. The van der Waals surface area contributed by atoms with Crippen LogP contribution in [-0.2, 0) is 29.2 Å². The zero-order valence-corrected chi connectivity index (χ0v) is 23.7. The number of hydrogen-bond donors (Lipinski definition) is 0. The van der Waals surface area contributed by atoms with Gasteiger partial charge in [-0.2, -0.15) is 0 Å². The van der Waals surface area contributed by atoms with Crippen LogP contribution < -0.4 is 29.6 Å². The first-order chi connectivity index (χ1) is 15.3. The molecule has 1 unspecified atom stereocenters. The second kappa shape index (κ2) is 23.3. The van der Waals surface area contributed by atoms with Gasteiger partial charge < -0.3 is 14.0 Å². The third-order valence-corrected chi connectivity index (χ3v) is 6.37. The summed E-state index contributed by atoms with van der Waals surface area (Å²) in [5.41, 5.74) is 0. The Morgan fingerprint density at radius 2 is 1.24 bits per heavy atom. The van der Waals surface area contributed by atoms with Crippen molar-refractivity contribution in [2.75, 3.05) is 13.2 Å². The van der Waals surface area contributed by atoms with Gasteiger partial charge in [0.1, 0.15) is 16.7 Å². The van der Waals surface area contributed by atoms with Crippen molar-refractivity contribution in [3.8, 4) is 0 Å². The van der Waals surface area contributed by atoms with E-state index in [-0.39, 0.29) is 42.8 Å². The summed E-state index contributed by atoms with van der Waals surface area (Å²) in [6.45, 7) is 5.50. The summed E-state index contributed by atoms with van der Waals surface area (Å²) >= 11 is 0. The number of esters is 2. The average Bonchev–Trinajstić information content (AvgIpc) is 2.74. The first-order valence-electron chi connectivity index (χ1n) is 12.2. The maximum absolute atomic E-state index is 11.9. The fourth-order valence-electron chi connectivity index (χ4n) is 3.40. The molecule has 0 saturated heterocycles. The minimum Gasteiger partial charge on any atom is -0.747 e. The van der Waals surface area contributed by atoms with E-state index >= 15 is 0 Å². The zero-order valence-electron chi connectivity index (χ0n) is 20.9. The first kappa shape index (κ1) is 34.8. The van der Waals surface area contributed by atoms with Crippen LogP contribution in [0.3, 0.4) is 0 Å². The molecular formula is C24H43NaO7S. The largest absolute Gasteiger partial charge is 1.00 e. The summed E-state index contributed by atoms with van der Waals surface area (Å²) in [4.78, 5) is 23.4. The Kier molecular flexibility index (Phi) is 24.6. The monoisotopic (exact) mass is 498 g/mol. The maximum Gasteiger partial charge on any atom is 1.00 e. The molecule has 1 atom stereocenters. The SMILES string of the molecule is C=CCOC(=O)CC(C(=O)OCCCCCCCCCCCCCCCCC)S(=O)(=O)[O-].[Na+]. The quantitative estimate of drug-likeness (QED) is 0.0741. The van der Waals surface area contributed by atoms with Crippen LogP contribution in [0.25, 0.3) is 0 Å². The summed E-state index contributed by atoms with van der Waals surface area (Å²) in [5, 5.41) is -2.07. The van der Waals surface area contributed by atoms with Crippen molar-refractivity contribution in [1.29, 1.82) is 0 Å². The first-order valence-corrected chi connectivity index (χ1v) is 13.7. The Morgan fingerprint density at radius 3 is 1.64 bits per heavy atom. The summed E-state index contributed by atoms with van der Waals surface area (Å²) in [6, 6.07) is 0. The second-order valence-corrected chi connectivity index (χ2v) is 9.83. The Bertz CT molecular complexity index is 608. The molecule has 9 heteroatoms. The normalized spacial score (nSPS) is 11.9. The fraction of sp³-hybridized carbons (Fsp3) is 0.833. The molecule has 0 rings (SSSR count). The van der Waals surface area contributed by atoms with E-state index in [4.69, 9.17) is 4.74 Å². The van der Waals surface area contributed by atoms with Gasteiger partial charge in [0.05, 0.1) is 13.0 Å². The zero-order chi connectivity index (χ0) is 24.1. The summed E-state index contributed by atoms with van der Waals surface area (Å²) < 4.78 is 43.3. The van der Waals surface area contributed by atoms with Gasteiger partial charge in [-0.25, -0.2) is 8.42 Å². The summed E-state index contributed by atoms with van der Waals surface area (Å²) in [5.74, 6) is -2.15. The van der Waals surface area contributed by atoms with E-state index in [0.29, 0.717) is 6.42 Å². The van der Waals surface area contributed by atoms with E-state index in [0.717, 1.165) is 19.3 Å². The molecule has 0 aromatic carbocycles. The van der Waals surface area contributed by atoms with E-state index < -0.39 is 33.7 Å². The molecule has 33 heavy (non-hydrogen) atoms. The topological polar surface area (TPSA) is 110 Å². The van der Waals surface area contributed by atoms with Crippen LogP contribution in [0.5, 0.6) is 0 Å². The molecule has 0 radical (unpaired) electrons. The predicted molar refractivity (Wildman–Crippen MR) is 125 cm³/mol. The van der Waals surface area contributed by atoms with Gasteiger partial charge in [0.15, 0.2) is 5.25 Å². The van der Waals surface area contributed by atoms with Gasteiger partial charge in [0, 0.05) is 0 Å². The number of carbonyl (C=O) groups excluding carboxylic acids is 2. The molecule has 0 bridgehead atoms. The number of rotatable bonds is 22. The van der Waals surface area contributed by atoms with Crippen molar-refractivity contribution in [1.82, 2.24) is 0 Å². The molecule has 0 saturated carbocycles. The number of carbonyl (C=O) groups is 2. The molecule has 0 aromatic heterocycles. The minimum atomic E-state index is -5.01. The van der Waals surface area contributed by atoms with Crippen molar-refractivity contribution in [3.05, 3.63) is 12.7 Å². The van der Waals surface area contributed by atoms with Crippen LogP contribution in [0, 0.1) is 0 Å². The molecule has 0 amide bonds. The van der Waals surface area contributed by atoms with Crippen LogP contribution in [0.4, 0.5) is 0 Å². The molecular weight excluding hydrogens is 455 g/mol. The molecule has 0 spiro atoms. The Hall–Kier alpha value is -0.410. The third-order valence-electron chi connectivity index (χ3n) is 5.32. The maximum atomic E-state index is 11.9. The van der Waals surface area contributed by atoms with Gasteiger partial charge >= 0.3 is 41.5 Å². The molecule has 0 fully saturated rings. The van der Waals surface area contributed by atoms with Gasteiger partial charge in [-0.3, -0.25) is 9.59 Å².